The van der Waals surface area contributed by atoms with Crippen molar-refractivity contribution in [3.63, 3.8) is 0 Å². The van der Waals surface area contributed by atoms with Crippen LogP contribution >= 0.6 is 0 Å². The molecule has 2 rings (SSSR count). The van der Waals surface area contributed by atoms with Gasteiger partial charge in [-0.3, -0.25) is 0 Å². The molecule has 1 aliphatic carbocycles. The molecule has 0 heterocycles. The van der Waals surface area contributed by atoms with Crippen LogP contribution in [-0.4, -0.2) is 6.04 Å². The Balaban J connectivity index is 2.14. The first-order chi connectivity index (χ1) is 7.16. The summed E-state index contributed by atoms with van der Waals surface area (Å²) < 4.78 is 13.1. The van der Waals surface area contributed by atoms with Crippen LogP contribution < -0.4 is 5.32 Å². The molecule has 0 unspecified atom stereocenters. The van der Waals surface area contributed by atoms with E-state index < -0.39 is 0 Å². The zero-order chi connectivity index (χ0) is 10.8. The zero-order valence-corrected chi connectivity index (χ0v) is 9.39. The fraction of sp³-hybridized carbons (Fsp3) is 0.538. The number of nitrogens with one attached hydrogen (secondary N) is 1. The molecule has 1 nitrogen and oxygen atoms in total. The second-order valence-electron chi connectivity index (χ2n) is 4.65. The Bertz CT molecular complexity index is 342. The highest BCUT2D eigenvalue weighted by molar-refractivity contribution is 5.33. The van der Waals surface area contributed by atoms with Gasteiger partial charge in [0.2, 0.25) is 0 Å². The van der Waals surface area contributed by atoms with E-state index in [1.165, 1.54) is 24.0 Å². The lowest BCUT2D eigenvalue weighted by Gasteiger charge is -2.12. The number of benzene rings is 1. The van der Waals surface area contributed by atoms with Crippen molar-refractivity contribution in [3.05, 3.63) is 35.1 Å². The SMILES string of the molecule is CC(C)NCc1ccc(F)cc1C1CC1. The van der Waals surface area contributed by atoms with Crippen LogP contribution in [0.2, 0.25) is 0 Å². The summed E-state index contributed by atoms with van der Waals surface area (Å²) in [7, 11) is 0. The van der Waals surface area contributed by atoms with Crippen LogP contribution in [0, 0.1) is 5.82 Å². The van der Waals surface area contributed by atoms with E-state index in [-0.39, 0.29) is 5.82 Å². The van der Waals surface area contributed by atoms with Gasteiger partial charge in [0.05, 0.1) is 0 Å². The van der Waals surface area contributed by atoms with E-state index in [9.17, 15) is 4.39 Å². The van der Waals surface area contributed by atoms with Crippen molar-refractivity contribution >= 4 is 0 Å². The third-order valence-electron chi connectivity index (χ3n) is 2.83. The fourth-order valence-corrected chi connectivity index (χ4v) is 1.82. The van der Waals surface area contributed by atoms with E-state index in [4.69, 9.17) is 0 Å². The lowest BCUT2D eigenvalue weighted by molar-refractivity contribution is 0.582. The average molecular weight is 207 g/mol. The van der Waals surface area contributed by atoms with Gasteiger partial charge in [-0.1, -0.05) is 19.9 Å². The molecule has 1 fully saturated rings. The molecule has 0 saturated heterocycles. The van der Waals surface area contributed by atoms with Crippen LogP contribution in [0.3, 0.4) is 0 Å². The molecule has 0 amide bonds. The van der Waals surface area contributed by atoms with Crippen molar-refractivity contribution in [1.82, 2.24) is 5.32 Å². The highest BCUT2D eigenvalue weighted by atomic mass is 19.1. The fourth-order valence-electron chi connectivity index (χ4n) is 1.82. The summed E-state index contributed by atoms with van der Waals surface area (Å²) in [6, 6.07) is 5.65. The normalized spacial score (nSPS) is 16.0. The largest absolute Gasteiger partial charge is 0.310 e. The number of rotatable bonds is 4. The van der Waals surface area contributed by atoms with Crippen molar-refractivity contribution in [2.24, 2.45) is 0 Å². The van der Waals surface area contributed by atoms with Crippen molar-refractivity contribution in [1.29, 1.82) is 0 Å². The van der Waals surface area contributed by atoms with Gasteiger partial charge in [0.1, 0.15) is 5.82 Å². The second kappa shape index (κ2) is 4.31. The topological polar surface area (TPSA) is 12.0 Å². The smallest absolute Gasteiger partial charge is 0.123 e. The molecule has 0 atom stereocenters. The summed E-state index contributed by atoms with van der Waals surface area (Å²) in [4.78, 5) is 0. The molecule has 1 aromatic carbocycles. The van der Waals surface area contributed by atoms with E-state index >= 15 is 0 Å². The third-order valence-corrected chi connectivity index (χ3v) is 2.83. The number of hydrogen-bond donors (Lipinski definition) is 1. The Hall–Kier alpha value is -0.890. The van der Waals surface area contributed by atoms with Gasteiger partial charge in [-0.15, -0.1) is 0 Å². The van der Waals surface area contributed by atoms with Crippen LogP contribution in [-0.2, 0) is 6.54 Å². The number of hydrogen-bond acceptors (Lipinski definition) is 1. The van der Waals surface area contributed by atoms with Crippen molar-refractivity contribution in [3.8, 4) is 0 Å². The summed E-state index contributed by atoms with van der Waals surface area (Å²) in [5.41, 5.74) is 2.47. The van der Waals surface area contributed by atoms with Crippen LogP contribution in [0.1, 0.15) is 43.7 Å². The molecule has 1 N–H and O–H groups in total. The summed E-state index contributed by atoms with van der Waals surface area (Å²) >= 11 is 0. The molecule has 0 radical (unpaired) electrons. The molecule has 0 aliphatic heterocycles. The predicted octanol–water partition coefficient (Wildman–Crippen LogP) is 3.20. The third kappa shape index (κ3) is 2.78. The quantitative estimate of drug-likeness (QED) is 0.799. The average Bonchev–Trinajstić information content (AvgIpc) is 2.98. The zero-order valence-electron chi connectivity index (χ0n) is 9.39. The Morgan fingerprint density at radius 2 is 2.13 bits per heavy atom. The van der Waals surface area contributed by atoms with Gasteiger partial charge in [-0.05, 0) is 42.0 Å². The van der Waals surface area contributed by atoms with Gasteiger partial charge in [0, 0.05) is 12.6 Å². The van der Waals surface area contributed by atoms with Crippen molar-refractivity contribution in [2.45, 2.75) is 45.2 Å². The number of halogens is 1. The molecular formula is C13H18FN. The molecule has 0 bridgehead atoms. The molecule has 1 aliphatic rings. The second-order valence-corrected chi connectivity index (χ2v) is 4.65. The molecule has 0 aromatic heterocycles. The van der Waals surface area contributed by atoms with Crippen molar-refractivity contribution in [2.75, 3.05) is 0 Å². The monoisotopic (exact) mass is 207 g/mol. The minimum absolute atomic E-state index is 0.106. The van der Waals surface area contributed by atoms with Crippen LogP contribution in [0.15, 0.2) is 18.2 Å². The maximum atomic E-state index is 13.1. The minimum atomic E-state index is -0.106. The van der Waals surface area contributed by atoms with E-state index in [1.54, 1.807) is 12.1 Å². The molecule has 82 valence electrons. The van der Waals surface area contributed by atoms with E-state index in [0.29, 0.717) is 12.0 Å². The van der Waals surface area contributed by atoms with E-state index in [0.717, 1.165) is 6.54 Å². The molecule has 15 heavy (non-hydrogen) atoms. The van der Waals surface area contributed by atoms with Gasteiger partial charge in [-0.2, -0.15) is 0 Å². The molecule has 0 spiro atoms. The van der Waals surface area contributed by atoms with Gasteiger partial charge in [0.25, 0.3) is 0 Å². The molecule has 1 saturated carbocycles. The first kappa shape index (κ1) is 10.6. The summed E-state index contributed by atoms with van der Waals surface area (Å²) in [6.07, 6.45) is 2.44. The maximum absolute atomic E-state index is 13.1. The first-order valence-electron chi connectivity index (χ1n) is 5.68. The summed E-state index contributed by atoms with van der Waals surface area (Å²) in [5.74, 6) is 0.509. The minimum Gasteiger partial charge on any atom is -0.310 e. The Kier molecular flexibility index (Phi) is 3.06. The lowest BCUT2D eigenvalue weighted by atomic mass is 10.0. The Morgan fingerprint density at radius 3 is 2.73 bits per heavy atom. The van der Waals surface area contributed by atoms with Crippen LogP contribution in [0.4, 0.5) is 4.39 Å². The molecule has 1 aromatic rings. The predicted molar refractivity (Wildman–Crippen MR) is 60.4 cm³/mol. The molecular weight excluding hydrogens is 189 g/mol. The van der Waals surface area contributed by atoms with Crippen molar-refractivity contribution < 1.29 is 4.39 Å². The van der Waals surface area contributed by atoms with Crippen LogP contribution in [0.5, 0.6) is 0 Å². The van der Waals surface area contributed by atoms with Gasteiger partial charge in [0.15, 0.2) is 0 Å². The van der Waals surface area contributed by atoms with Gasteiger partial charge >= 0.3 is 0 Å². The van der Waals surface area contributed by atoms with Gasteiger partial charge in [-0.25, -0.2) is 4.39 Å². The summed E-state index contributed by atoms with van der Waals surface area (Å²) in [6.45, 7) is 5.10. The Labute approximate surface area is 90.7 Å². The standard InChI is InChI=1S/C13H18FN/c1-9(2)15-8-11-5-6-12(14)7-13(11)10-3-4-10/h5-7,9-10,15H,3-4,8H2,1-2H3. The Morgan fingerprint density at radius 1 is 1.40 bits per heavy atom. The highest BCUT2D eigenvalue weighted by Gasteiger charge is 2.26. The molecule has 2 heteroatoms. The van der Waals surface area contributed by atoms with E-state index in [2.05, 4.69) is 19.2 Å². The lowest BCUT2D eigenvalue weighted by Crippen LogP contribution is -2.22. The highest BCUT2D eigenvalue weighted by Crippen LogP contribution is 2.41. The van der Waals surface area contributed by atoms with Gasteiger partial charge < -0.3 is 5.32 Å². The maximum Gasteiger partial charge on any atom is 0.123 e. The van der Waals surface area contributed by atoms with Crippen LogP contribution in [0.25, 0.3) is 0 Å². The van der Waals surface area contributed by atoms with E-state index in [1.807, 2.05) is 6.07 Å². The summed E-state index contributed by atoms with van der Waals surface area (Å²) in [5, 5.41) is 3.38. The first-order valence-corrected chi connectivity index (χ1v) is 5.68.